The lowest BCUT2D eigenvalue weighted by Gasteiger charge is -2.24. The van der Waals surface area contributed by atoms with E-state index in [0.717, 1.165) is 47.8 Å². The monoisotopic (exact) mass is 521 g/mol. The molecule has 1 atom stereocenters. The highest BCUT2D eigenvalue weighted by atomic mass is 32.2. The van der Waals surface area contributed by atoms with E-state index >= 15 is 0 Å². The molecule has 0 spiro atoms. The number of ether oxygens (including phenoxy) is 1. The molecule has 1 heterocycles. The molecule has 0 saturated heterocycles. The molecule has 6 nitrogen and oxygen atoms in total. The summed E-state index contributed by atoms with van der Waals surface area (Å²) in [4.78, 5) is 0. The predicted octanol–water partition coefficient (Wildman–Crippen LogP) is 5.65. The van der Waals surface area contributed by atoms with Crippen molar-refractivity contribution in [2.24, 2.45) is 5.92 Å². The van der Waals surface area contributed by atoms with Gasteiger partial charge in [-0.25, -0.2) is 22.2 Å². The largest absolute Gasteiger partial charge is 0.492 e. The number of fused-ring (bicyclic) bond motifs is 1. The Kier molecular flexibility index (Phi) is 7.86. The Labute approximate surface area is 217 Å². The molecule has 8 heteroatoms. The molecule has 1 fully saturated rings. The van der Waals surface area contributed by atoms with E-state index in [2.05, 4.69) is 9.82 Å². The molecular formula is C29H32FN3O3S. The van der Waals surface area contributed by atoms with Gasteiger partial charge in [0.05, 0.1) is 29.2 Å². The van der Waals surface area contributed by atoms with E-state index < -0.39 is 16.1 Å². The quantitative estimate of drug-likeness (QED) is 0.293. The fourth-order valence-electron chi connectivity index (χ4n) is 5.09. The van der Waals surface area contributed by atoms with E-state index in [1.54, 1.807) is 23.0 Å². The van der Waals surface area contributed by atoms with Crippen molar-refractivity contribution in [3.05, 3.63) is 90.4 Å². The lowest BCUT2D eigenvalue weighted by Crippen LogP contribution is -2.43. The molecule has 4 aromatic rings. The summed E-state index contributed by atoms with van der Waals surface area (Å²) in [7, 11) is -3.44. The van der Waals surface area contributed by atoms with Crippen LogP contribution in [0.1, 0.15) is 37.7 Å². The van der Waals surface area contributed by atoms with Gasteiger partial charge in [-0.1, -0.05) is 49.6 Å². The molecule has 1 saturated carbocycles. The average Bonchev–Trinajstić information content (AvgIpc) is 3.32. The third kappa shape index (κ3) is 6.76. The molecule has 1 aromatic heterocycles. The minimum Gasteiger partial charge on any atom is -0.492 e. The zero-order valence-electron chi connectivity index (χ0n) is 20.7. The van der Waals surface area contributed by atoms with Crippen LogP contribution in [-0.4, -0.2) is 36.6 Å². The molecule has 3 aromatic carbocycles. The van der Waals surface area contributed by atoms with Gasteiger partial charge in [0.1, 0.15) is 18.2 Å². The van der Waals surface area contributed by atoms with Crippen molar-refractivity contribution in [1.29, 1.82) is 0 Å². The van der Waals surface area contributed by atoms with Crippen molar-refractivity contribution in [1.82, 2.24) is 14.5 Å². The predicted molar refractivity (Wildman–Crippen MR) is 144 cm³/mol. The maximum Gasteiger partial charge on any atom is 0.212 e. The maximum absolute atomic E-state index is 13.3. The van der Waals surface area contributed by atoms with Crippen LogP contribution in [0.25, 0.3) is 16.6 Å². The first-order valence-corrected chi connectivity index (χ1v) is 14.5. The molecule has 0 radical (unpaired) electrons. The number of nitrogens with zero attached hydrogens (tertiary/aromatic N) is 2. The minimum atomic E-state index is -3.44. The highest BCUT2D eigenvalue weighted by molar-refractivity contribution is 7.89. The molecule has 0 bridgehead atoms. The molecule has 1 aliphatic carbocycles. The van der Waals surface area contributed by atoms with Gasteiger partial charge in [-0.15, -0.1) is 0 Å². The molecule has 1 unspecified atom stereocenters. The summed E-state index contributed by atoms with van der Waals surface area (Å²) in [6.45, 7) is 0.205. The van der Waals surface area contributed by atoms with Gasteiger partial charge < -0.3 is 4.74 Å². The van der Waals surface area contributed by atoms with E-state index in [4.69, 9.17) is 4.74 Å². The second kappa shape index (κ2) is 11.4. The zero-order chi connectivity index (χ0) is 25.7. The van der Waals surface area contributed by atoms with Crippen LogP contribution in [0.15, 0.2) is 79.0 Å². The van der Waals surface area contributed by atoms with Crippen LogP contribution in [0.3, 0.4) is 0 Å². The van der Waals surface area contributed by atoms with E-state index in [9.17, 15) is 12.8 Å². The molecule has 5 rings (SSSR count). The van der Waals surface area contributed by atoms with Crippen LogP contribution in [0.2, 0.25) is 0 Å². The third-order valence-corrected chi connectivity index (χ3v) is 8.52. The first-order chi connectivity index (χ1) is 17.9. The fraction of sp³-hybridized carbons (Fsp3) is 0.345. The standard InChI is InChI=1S/C29H32FN3O3S/c30-25-11-13-27(14-12-25)33-29-16-15-28(18-24(29)19-31-33)36-20-26(17-22-7-3-1-4-8-22)32-37(34,35)21-23-9-5-2-6-10-23/h1,3-4,7-8,11-16,18-19,23,26,32H,2,5-6,9-10,17,20-21H2. The molecule has 0 aliphatic heterocycles. The van der Waals surface area contributed by atoms with E-state index in [1.165, 1.54) is 18.6 Å². The summed E-state index contributed by atoms with van der Waals surface area (Å²) in [6, 6.07) is 21.3. The number of halogens is 1. The highest BCUT2D eigenvalue weighted by Gasteiger charge is 2.25. The summed E-state index contributed by atoms with van der Waals surface area (Å²) in [5, 5.41) is 5.31. The maximum atomic E-state index is 13.3. The molecule has 37 heavy (non-hydrogen) atoms. The van der Waals surface area contributed by atoms with Crippen molar-refractivity contribution in [3.63, 3.8) is 0 Å². The van der Waals surface area contributed by atoms with Crippen molar-refractivity contribution in [2.75, 3.05) is 12.4 Å². The Hall–Kier alpha value is -3.23. The number of rotatable bonds is 10. The van der Waals surface area contributed by atoms with Crippen LogP contribution in [-0.2, 0) is 16.4 Å². The number of hydrogen-bond acceptors (Lipinski definition) is 4. The Morgan fingerprint density at radius 2 is 1.76 bits per heavy atom. The molecule has 1 aliphatic rings. The zero-order valence-corrected chi connectivity index (χ0v) is 21.5. The second-order valence-corrected chi connectivity index (χ2v) is 11.7. The summed E-state index contributed by atoms with van der Waals surface area (Å²) in [5.41, 5.74) is 2.68. The first-order valence-electron chi connectivity index (χ1n) is 12.9. The van der Waals surface area contributed by atoms with Gasteiger partial charge in [-0.05, 0) is 73.2 Å². The van der Waals surface area contributed by atoms with Crippen molar-refractivity contribution in [3.8, 4) is 11.4 Å². The number of nitrogens with one attached hydrogen (secondary N) is 1. The summed E-state index contributed by atoms with van der Waals surface area (Å²) in [5.74, 6) is 0.739. The molecule has 1 N–H and O–H groups in total. The summed E-state index contributed by atoms with van der Waals surface area (Å²) >= 11 is 0. The minimum absolute atomic E-state index is 0.173. The first kappa shape index (κ1) is 25.4. The van der Waals surface area contributed by atoms with Crippen molar-refractivity contribution in [2.45, 2.75) is 44.6 Å². The van der Waals surface area contributed by atoms with Gasteiger partial charge >= 0.3 is 0 Å². The van der Waals surface area contributed by atoms with Crippen LogP contribution in [0, 0.1) is 11.7 Å². The van der Waals surface area contributed by atoms with Gasteiger partial charge in [-0.3, -0.25) is 0 Å². The Morgan fingerprint density at radius 1 is 1.00 bits per heavy atom. The highest BCUT2D eigenvalue weighted by Crippen LogP contribution is 2.26. The van der Waals surface area contributed by atoms with Crippen molar-refractivity contribution >= 4 is 20.9 Å². The normalized spacial score (nSPS) is 15.6. The summed E-state index contributed by atoms with van der Waals surface area (Å²) < 4.78 is 50.2. The van der Waals surface area contributed by atoms with Gasteiger partial charge in [0.15, 0.2) is 0 Å². The van der Waals surface area contributed by atoms with Gasteiger partial charge in [0.25, 0.3) is 0 Å². The Morgan fingerprint density at radius 3 is 2.51 bits per heavy atom. The average molecular weight is 522 g/mol. The van der Waals surface area contributed by atoms with Crippen molar-refractivity contribution < 1.29 is 17.5 Å². The smallest absolute Gasteiger partial charge is 0.212 e. The van der Waals surface area contributed by atoms with E-state index in [0.29, 0.717) is 12.2 Å². The van der Waals surface area contributed by atoms with Crippen LogP contribution < -0.4 is 9.46 Å². The number of hydrogen-bond donors (Lipinski definition) is 1. The van der Waals surface area contributed by atoms with Gasteiger partial charge in [-0.2, -0.15) is 5.10 Å². The topological polar surface area (TPSA) is 73.2 Å². The molecular weight excluding hydrogens is 489 g/mol. The molecule has 0 amide bonds. The van der Waals surface area contributed by atoms with Crippen LogP contribution in [0.4, 0.5) is 4.39 Å². The lowest BCUT2D eigenvalue weighted by atomic mass is 9.91. The van der Waals surface area contributed by atoms with Gasteiger partial charge in [0.2, 0.25) is 10.0 Å². The summed E-state index contributed by atoms with van der Waals surface area (Å²) in [6.07, 6.45) is 7.64. The SMILES string of the molecule is O=S(=O)(CC1CCCCC1)NC(COc1ccc2c(cnn2-c2ccc(F)cc2)c1)Cc1ccccc1. The Balaban J connectivity index is 1.29. The number of sulfonamides is 1. The van der Waals surface area contributed by atoms with Gasteiger partial charge in [0, 0.05) is 5.39 Å². The Bertz CT molecular complexity index is 1420. The number of benzene rings is 3. The third-order valence-electron chi connectivity index (χ3n) is 6.91. The number of aromatic nitrogens is 2. The van der Waals surface area contributed by atoms with E-state index in [1.807, 2.05) is 48.5 Å². The van der Waals surface area contributed by atoms with Crippen LogP contribution >= 0.6 is 0 Å². The lowest BCUT2D eigenvalue weighted by molar-refractivity contribution is 0.278. The fourth-order valence-corrected chi connectivity index (χ4v) is 6.79. The second-order valence-electron chi connectivity index (χ2n) is 9.85. The molecule has 194 valence electrons. The van der Waals surface area contributed by atoms with Crippen LogP contribution in [0.5, 0.6) is 5.75 Å². The van der Waals surface area contributed by atoms with E-state index in [-0.39, 0.29) is 24.1 Å².